The Morgan fingerprint density at radius 2 is 1.18 bits per heavy atom. The molecule has 0 saturated carbocycles. The molecule has 3 aromatic heterocycles. The molecule has 4 heteroatoms. The van der Waals surface area contributed by atoms with Crippen molar-refractivity contribution < 1.29 is 0 Å². The highest BCUT2D eigenvalue weighted by atomic mass is 15.1. The Balaban J connectivity index is 1.26. The fourth-order valence-corrected chi connectivity index (χ4v) is 8.08. The zero-order chi connectivity index (χ0) is 33.9. The standard InChI is InChI=1S/C47H34N4/c1-47(28-13-4-14-29-47)51-43-25-12-10-21-36(43)39-30-34(26-27-44(39)51)50-42-24-11-9-20-35(42)37-22-15-23-38(45(37)50)41-31-40(32-16-5-2-6-17-32)48-46(49-41)33-18-7-3-8-19-33/h2-28,30-31H,29H2,1H3. The maximum absolute atomic E-state index is 5.27. The first-order chi connectivity index (χ1) is 25.2. The largest absolute Gasteiger partial charge is 0.331 e. The number of hydrogen-bond acceptors (Lipinski definition) is 2. The van der Waals surface area contributed by atoms with E-state index in [-0.39, 0.29) is 5.54 Å². The summed E-state index contributed by atoms with van der Waals surface area (Å²) in [5.74, 6) is 0.709. The number of rotatable bonds is 5. The van der Waals surface area contributed by atoms with Crippen LogP contribution >= 0.6 is 0 Å². The lowest BCUT2D eigenvalue weighted by Crippen LogP contribution is -2.27. The Morgan fingerprint density at radius 3 is 1.94 bits per heavy atom. The quantitative estimate of drug-likeness (QED) is 0.185. The molecule has 1 aliphatic carbocycles. The van der Waals surface area contributed by atoms with Gasteiger partial charge < -0.3 is 9.13 Å². The van der Waals surface area contributed by atoms with E-state index in [1.54, 1.807) is 0 Å². The average molecular weight is 655 g/mol. The Bertz CT molecular complexity index is 2780. The molecule has 10 rings (SSSR count). The van der Waals surface area contributed by atoms with Gasteiger partial charge in [-0.2, -0.15) is 0 Å². The van der Waals surface area contributed by atoms with Crippen LogP contribution in [-0.4, -0.2) is 19.1 Å². The number of hydrogen-bond donors (Lipinski definition) is 0. The van der Waals surface area contributed by atoms with Crippen LogP contribution in [0.15, 0.2) is 176 Å². The first-order valence-corrected chi connectivity index (χ1v) is 17.6. The van der Waals surface area contributed by atoms with Crippen LogP contribution in [0.3, 0.4) is 0 Å². The first kappa shape index (κ1) is 29.4. The predicted molar refractivity (Wildman–Crippen MR) is 212 cm³/mol. The van der Waals surface area contributed by atoms with Crippen LogP contribution in [0.2, 0.25) is 0 Å². The molecule has 0 amide bonds. The van der Waals surface area contributed by atoms with Crippen LogP contribution in [0.4, 0.5) is 0 Å². The van der Waals surface area contributed by atoms with E-state index < -0.39 is 0 Å². The molecule has 51 heavy (non-hydrogen) atoms. The minimum Gasteiger partial charge on any atom is -0.331 e. The summed E-state index contributed by atoms with van der Waals surface area (Å²) in [7, 11) is 0. The molecule has 242 valence electrons. The monoisotopic (exact) mass is 654 g/mol. The first-order valence-electron chi connectivity index (χ1n) is 17.6. The third kappa shape index (κ3) is 4.68. The highest BCUT2D eigenvalue weighted by Crippen LogP contribution is 2.42. The van der Waals surface area contributed by atoms with Crippen molar-refractivity contribution in [3.63, 3.8) is 0 Å². The summed E-state index contributed by atoms with van der Waals surface area (Å²) in [6, 6.07) is 54.0. The number of fused-ring (bicyclic) bond motifs is 6. The van der Waals surface area contributed by atoms with Crippen molar-refractivity contribution in [1.82, 2.24) is 19.1 Å². The molecule has 0 radical (unpaired) electrons. The smallest absolute Gasteiger partial charge is 0.160 e. The SMILES string of the molecule is CC1(n2c3ccccc3c3cc(-n4c5ccccc5c5cccc(-c6cc(-c7ccccc7)nc(-c7ccccc7)n6)c54)ccc32)C=CC=CC1. The Labute approximate surface area is 296 Å². The summed E-state index contributed by atoms with van der Waals surface area (Å²) in [6.45, 7) is 2.33. The van der Waals surface area contributed by atoms with Gasteiger partial charge in [-0.15, -0.1) is 0 Å². The van der Waals surface area contributed by atoms with Crippen molar-refractivity contribution in [1.29, 1.82) is 0 Å². The van der Waals surface area contributed by atoms with E-state index in [2.05, 4.69) is 168 Å². The second-order valence-electron chi connectivity index (χ2n) is 13.7. The second kappa shape index (κ2) is 11.5. The van der Waals surface area contributed by atoms with Crippen LogP contribution in [0.1, 0.15) is 13.3 Å². The van der Waals surface area contributed by atoms with E-state index in [0.29, 0.717) is 5.82 Å². The average Bonchev–Trinajstić information content (AvgIpc) is 3.72. The van der Waals surface area contributed by atoms with Crippen LogP contribution < -0.4 is 0 Å². The zero-order valence-electron chi connectivity index (χ0n) is 28.2. The van der Waals surface area contributed by atoms with E-state index in [4.69, 9.17) is 9.97 Å². The molecule has 1 aliphatic rings. The van der Waals surface area contributed by atoms with Gasteiger partial charge in [-0.3, -0.25) is 0 Å². The van der Waals surface area contributed by atoms with Crippen molar-refractivity contribution in [3.8, 4) is 39.6 Å². The van der Waals surface area contributed by atoms with E-state index in [9.17, 15) is 0 Å². The minimum absolute atomic E-state index is 0.155. The van der Waals surface area contributed by atoms with Gasteiger partial charge in [0, 0.05) is 49.4 Å². The molecule has 0 aliphatic heterocycles. The van der Waals surface area contributed by atoms with Crippen molar-refractivity contribution in [3.05, 3.63) is 176 Å². The lowest BCUT2D eigenvalue weighted by atomic mass is 9.93. The number of para-hydroxylation sites is 3. The fourth-order valence-electron chi connectivity index (χ4n) is 8.08. The normalized spacial score (nSPS) is 15.8. The Hall–Kier alpha value is -6.52. The molecule has 9 aromatic rings. The number of benzene rings is 6. The third-order valence-electron chi connectivity index (χ3n) is 10.5. The van der Waals surface area contributed by atoms with Gasteiger partial charge in [0.25, 0.3) is 0 Å². The molecule has 0 saturated heterocycles. The topological polar surface area (TPSA) is 35.6 Å². The molecular weight excluding hydrogens is 621 g/mol. The van der Waals surface area contributed by atoms with E-state index in [1.165, 1.54) is 32.6 Å². The van der Waals surface area contributed by atoms with E-state index >= 15 is 0 Å². The summed E-state index contributed by atoms with van der Waals surface area (Å²) >= 11 is 0. The van der Waals surface area contributed by atoms with Gasteiger partial charge >= 0.3 is 0 Å². The molecule has 0 spiro atoms. The molecule has 0 N–H and O–H groups in total. The molecule has 6 aromatic carbocycles. The third-order valence-corrected chi connectivity index (χ3v) is 10.5. The second-order valence-corrected chi connectivity index (χ2v) is 13.7. The molecule has 1 atom stereocenters. The highest BCUT2D eigenvalue weighted by Gasteiger charge is 2.28. The number of allylic oxidation sites excluding steroid dienone is 4. The molecule has 4 nitrogen and oxygen atoms in total. The van der Waals surface area contributed by atoms with Gasteiger partial charge in [0.05, 0.1) is 33.5 Å². The van der Waals surface area contributed by atoms with Gasteiger partial charge in [-0.05, 0) is 49.7 Å². The maximum atomic E-state index is 5.27. The van der Waals surface area contributed by atoms with Crippen molar-refractivity contribution >= 4 is 43.6 Å². The summed E-state index contributed by atoms with van der Waals surface area (Å²) in [5, 5.41) is 4.91. The zero-order valence-corrected chi connectivity index (χ0v) is 28.2. The molecule has 1 unspecified atom stereocenters. The molecular formula is C47H34N4. The molecule has 0 bridgehead atoms. The lowest BCUT2D eigenvalue weighted by molar-refractivity contribution is 0.437. The van der Waals surface area contributed by atoms with Crippen LogP contribution in [0, 0.1) is 0 Å². The number of aromatic nitrogens is 4. The van der Waals surface area contributed by atoms with Crippen molar-refractivity contribution in [2.45, 2.75) is 18.9 Å². The summed E-state index contributed by atoms with van der Waals surface area (Å²) in [6.07, 6.45) is 9.88. The molecule has 3 heterocycles. The fraction of sp³-hybridized carbons (Fsp3) is 0.0638. The van der Waals surface area contributed by atoms with Crippen molar-refractivity contribution in [2.24, 2.45) is 0 Å². The van der Waals surface area contributed by atoms with Crippen LogP contribution in [0.25, 0.3) is 83.2 Å². The van der Waals surface area contributed by atoms with Gasteiger partial charge in [0.2, 0.25) is 0 Å². The van der Waals surface area contributed by atoms with Crippen LogP contribution in [-0.2, 0) is 5.54 Å². The molecule has 0 fully saturated rings. The summed E-state index contributed by atoms with van der Waals surface area (Å²) < 4.78 is 4.96. The number of nitrogens with zero attached hydrogens (tertiary/aromatic N) is 4. The van der Waals surface area contributed by atoms with E-state index in [0.717, 1.165) is 51.2 Å². The van der Waals surface area contributed by atoms with Gasteiger partial charge in [-0.1, -0.05) is 140 Å². The lowest BCUT2D eigenvalue weighted by Gasteiger charge is -2.31. The predicted octanol–water partition coefficient (Wildman–Crippen LogP) is 11.9. The van der Waals surface area contributed by atoms with Gasteiger partial charge in [0.1, 0.15) is 0 Å². The Morgan fingerprint density at radius 1 is 0.529 bits per heavy atom. The van der Waals surface area contributed by atoms with Gasteiger partial charge in [-0.25, -0.2) is 9.97 Å². The Kier molecular flexibility index (Phi) is 6.65. The van der Waals surface area contributed by atoms with Crippen LogP contribution in [0.5, 0.6) is 0 Å². The highest BCUT2D eigenvalue weighted by molar-refractivity contribution is 6.14. The van der Waals surface area contributed by atoms with Crippen molar-refractivity contribution in [2.75, 3.05) is 0 Å². The summed E-state index contributed by atoms with van der Waals surface area (Å²) in [4.78, 5) is 10.4. The maximum Gasteiger partial charge on any atom is 0.160 e. The minimum atomic E-state index is -0.155. The van der Waals surface area contributed by atoms with E-state index in [1.807, 2.05) is 24.3 Å². The summed E-state index contributed by atoms with van der Waals surface area (Å²) in [5.41, 5.74) is 10.6. The van der Waals surface area contributed by atoms with Gasteiger partial charge in [0.15, 0.2) is 5.82 Å².